The summed E-state index contributed by atoms with van der Waals surface area (Å²) < 4.78 is 6.82. The number of phenolic OH excluding ortho intramolecular Hbond substituents is 1. The van der Waals surface area contributed by atoms with Crippen molar-refractivity contribution in [1.29, 1.82) is 0 Å². The Labute approximate surface area is 177 Å². The van der Waals surface area contributed by atoms with Crippen molar-refractivity contribution in [3.63, 3.8) is 0 Å². The van der Waals surface area contributed by atoms with Crippen LogP contribution in [0.3, 0.4) is 0 Å². The van der Waals surface area contributed by atoms with Gasteiger partial charge in [0, 0.05) is 21.8 Å². The molecule has 3 aromatic carbocycles. The van der Waals surface area contributed by atoms with Gasteiger partial charge in [-0.25, -0.2) is 4.98 Å². The summed E-state index contributed by atoms with van der Waals surface area (Å²) in [6.45, 7) is 4.13. The lowest BCUT2D eigenvalue weighted by atomic mass is 10.1. The van der Waals surface area contributed by atoms with Crippen molar-refractivity contribution in [3.05, 3.63) is 81.8 Å². The average molecular weight is 447 g/mol. The second kappa shape index (κ2) is 8.05. The number of hydrogen-bond acceptors (Lipinski definition) is 4. The van der Waals surface area contributed by atoms with E-state index >= 15 is 0 Å². The number of fused-ring (bicyclic) bond motifs is 1. The standard InChI is InChI=1S/C24H19BrN2O2/c1-15-10-16(2)12-18(11-15)24-27-21-14-20(6-8-23(21)29-24)26-9-3-4-17-13-19(25)5-7-22(17)28/h3-14,28H,1-2H3. The van der Waals surface area contributed by atoms with Crippen LogP contribution in [0.4, 0.5) is 5.69 Å². The van der Waals surface area contributed by atoms with Gasteiger partial charge in [0.1, 0.15) is 11.3 Å². The van der Waals surface area contributed by atoms with Gasteiger partial charge in [0.15, 0.2) is 5.58 Å². The zero-order chi connectivity index (χ0) is 20.4. The first-order valence-electron chi connectivity index (χ1n) is 9.16. The maximum atomic E-state index is 9.86. The summed E-state index contributed by atoms with van der Waals surface area (Å²) in [6, 6.07) is 17.2. The summed E-state index contributed by atoms with van der Waals surface area (Å²) in [5, 5.41) is 9.86. The first-order chi connectivity index (χ1) is 14.0. The summed E-state index contributed by atoms with van der Waals surface area (Å²) in [5.41, 5.74) is 6.32. The van der Waals surface area contributed by atoms with Gasteiger partial charge in [0.25, 0.3) is 0 Å². The highest BCUT2D eigenvalue weighted by Gasteiger charge is 2.09. The molecule has 0 aliphatic heterocycles. The minimum Gasteiger partial charge on any atom is -0.507 e. The smallest absolute Gasteiger partial charge is 0.227 e. The van der Waals surface area contributed by atoms with Gasteiger partial charge < -0.3 is 9.52 Å². The molecule has 144 valence electrons. The van der Waals surface area contributed by atoms with Crippen molar-refractivity contribution in [2.24, 2.45) is 4.99 Å². The van der Waals surface area contributed by atoms with Gasteiger partial charge in [-0.05, 0) is 74.5 Å². The maximum Gasteiger partial charge on any atom is 0.227 e. The van der Waals surface area contributed by atoms with Crippen LogP contribution in [0.2, 0.25) is 0 Å². The van der Waals surface area contributed by atoms with Crippen LogP contribution < -0.4 is 0 Å². The Balaban J connectivity index is 1.56. The molecule has 1 N–H and O–H groups in total. The van der Waals surface area contributed by atoms with E-state index in [1.807, 2.05) is 24.3 Å². The van der Waals surface area contributed by atoms with Gasteiger partial charge in [-0.2, -0.15) is 0 Å². The van der Waals surface area contributed by atoms with Gasteiger partial charge in [0.2, 0.25) is 5.89 Å². The fourth-order valence-corrected chi connectivity index (χ4v) is 3.53. The zero-order valence-electron chi connectivity index (χ0n) is 16.1. The summed E-state index contributed by atoms with van der Waals surface area (Å²) in [4.78, 5) is 9.07. The number of oxazole rings is 1. The van der Waals surface area contributed by atoms with E-state index in [0.717, 1.165) is 32.4 Å². The molecule has 0 aliphatic carbocycles. The molecular formula is C24H19BrN2O2. The summed E-state index contributed by atoms with van der Waals surface area (Å²) in [6.07, 6.45) is 5.28. The van der Waals surface area contributed by atoms with Crippen LogP contribution in [-0.4, -0.2) is 16.3 Å². The topological polar surface area (TPSA) is 58.6 Å². The second-order valence-electron chi connectivity index (χ2n) is 6.89. The second-order valence-corrected chi connectivity index (χ2v) is 7.80. The monoisotopic (exact) mass is 446 g/mol. The van der Waals surface area contributed by atoms with Crippen LogP contribution in [0, 0.1) is 13.8 Å². The number of phenols is 1. The maximum absolute atomic E-state index is 9.86. The minimum atomic E-state index is 0.223. The number of rotatable bonds is 4. The van der Waals surface area contributed by atoms with Crippen molar-refractivity contribution in [1.82, 2.24) is 4.98 Å². The lowest BCUT2D eigenvalue weighted by Crippen LogP contribution is -1.82. The number of nitrogens with zero attached hydrogens (tertiary/aromatic N) is 2. The Bertz CT molecular complexity index is 1230. The summed E-state index contributed by atoms with van der Waals surface area (Å²) in [5.74, 6) is 0.832. The van der Waals surface area contributed by atoms with Crippen LogP contribution >= 0.6 is 15.9 Å². The van der Waals surface area contributed by atoms with Gasteiger partial charge >= 0.3 is 0 Å². The van der Waals surface area contributed by atoms with Crippen LogP contribution in [0.25, 0.3) is 28.6 Å². The number of hydrogen-bond donors (Lipinski definition) is 1. The molecule has 0 saturated carbocycles. The number of aromatic hydroxyl groups is 1. The molecule has 1 aromatic heterocycles. The highest BCUT2D eigenvalue weighted by Crippen LogP contribution is 2.28. The molecule has 0 aliphatic rings. The molecule has 0 radical (unpaired) electrons. The Hall–Kier alpha value is -3.18. The third kappa shape index (κ3) is 4.46. The van der Waals surface area contributed by atoms with Crippen LogP contribution in [0.1, 0.15) is 16.7 Å². The van der Waals surface area contributed by atoms with Crippen LogP contribution in [-0.2, 0) is 0 Å². The third-order valence-corrected chi connectivity index (χ3v) is 4.91. The van der Waals surface area contributed by atoms with Crippen molar-refractivity contribution >= 4 is 45.0 Å². The lowest BCUT2D eigenvalue weighted by Gasteiger charge is -2.00. The molecular weight excluding hydrogens is 428 g/mol. The van der Waals surface area contributed by atoms with Crippen molar-refractivity contribution < 1.29 is 9.52 Å². The molecule has 0 spiro atoms. The number of aliphatic imine (C=N–C) groups is 1. The molecule has 5 heteroatoms. The number of benzene rings is 3. The molecule has 0 bridgehead atoms. The molecule has 1 heterocycles. The SMILES string of the molecule is Cc1cc(C)cc(-c2nc3cc(N=CC=Cc4cc(Br)ccc4O)ccc3o2)c1. The van der Waals surface area contributed by atoms with E-state index in [4.69, 9.17) is 4.42 Å². The number of halogens is 1. The molecule has 0 atom stereocenters. The van der Waals surface area contributed by atoms with E-state index in [1.165, 1.54) is 11.1 Å². The summed E-state index contributed by atoms with van der Waals surface area (Å²) >= 11 is 3.40. The molecule has 4 aromatic rings. The van der Waals surface area contributed by atoms with E-state index < -0.39 is 0 Å². The van der Waals surface area contributed by atoms with Crippen molar-refractivity contribution in [2.75, 3.05) is 0 Å². The van der Waals surface area contributed by atoms with Crippen LogP contribution in [0.15, 0.2) is 74.6 Å². The molecule has 4 nitrogen and oxygen atoms in total. The van der Waals surface area contributed by atoms with Crippen molar-refractivity contribution in [3.8, 4) is 17.2 Å². The minimum absolute atomic E-state index is 0.223. The predicted octanol–water partition coefficient (Wildman–Crippen LogP) is 7.00. The molecule has 29 heavy (non-hydrogen) atoms. The number of aromatic nitrogens is 1. The van der Waals surface area contributed by atoms with E-state index in [9.17, 15) is 5.11 Å². The van der Waals surface area contributed by atoms with E-state index in [-0.39, 0.29) is 5.75 Å². The molecule has 0 saturated heterocycles. The highest BCUT2D eigenvalue weighted by molar-refractivity contribution is 9.10. The number of aryl methyl sites for hydroxylation is 2. The quantitative estimate of drug-likeness (QED) is 0.343. The van der Waals surface area contributed by atoms with E-state index in [2.05, 4.69) is 58.0 Å². The zero-order valence-corrected chi connectivity index (χ0v) is 17.6. The Morgan fingerprint density at radius 2 is 1.79 bits per heavy atom. The van der Waals surface area contributed by atoms with Crippen LogP contribution in [0.5, 0.6) is 5.75 Å². The van der Waals surface area contributed by atoms with E-state index in [0.29, 0.717) is 5.89 Å². The highest BCUT2D eigenvalue weighted by atomic mass is 79.9. The lowest BCUT2D eigenvalue weighted by molar-refractivity contribution is 0.474. The van der Waals surface area contributed by atoms with Gasteiger partial charge in [-0.1, -0.05) is 33.1 Å². The predicted molar refractivity (Wildman–Crippen MR) is 122 cm³/mol. The van der Waals surface area contributed by atoms with E-state index in [1.54, 1.807) is 30.5 Å². The third-order valence-electron chi connectivity index (χ3n) is 4.41. The molecule has 4 rings (SSSR count). The largest absolute Gasteiger partial charge is 0.507 e. The normalized spacial score (nSPS) is 11.8. The first kappa shape index (κ1) is 19.2. The first-order valence-corrected chi connectivity index (χ1v) is 9.96. The summed E-state index contributed by atoms with van der Waals surface area (Å²) in [7, 11) is 0. The fourth-order valence-electron chi connectivity index (χ4n) is 3.15. The van der Waals surface area contributed by atoms with Gasteiger partial charge in [0.05, 0.1) is 5.69 Å². The molecule has 0 unspecified atom stereocenters. The fraction of sp³-hybridized carbons (Fsp3) is 0.0833. The molecule has 0 amide bonds. The Morgan fingerprint density at radius 1 is 1.00 bits per heavy atom. The molecule has 0 fully saturated rings. The van der Waals surface area contributed by atoms with Gasteiger partial charge in [-0.15, -0.1) is 0 Å². The average Bonchev–Trinajstić information content (AvgIpc) is 3.10. The Morgan fingerprint density at radius 3 is 2.59 bits per heavy atom. The Kier molecular flexibility index (Phi) is 5.32. The number of allylic oxidation sites excluding steroid dienone is 1. The van der Waals surface area contributed by atoms with Gasteiger partial charge in [-0.3, -0.25) is 4.99 Å². The van der Waals surface area contributed by atoms with Crippen molar-refractivity contribution in [2.45, 2.75) is 13.8 Å².